The van der Waals surface area contributed by atoms with Crippen LogP contribution in [0.5, 0.6) is 0 Å². The molecule has 2 amide bonds. The van der Waals surface area contributed by atoms with E-state index in [0.29, 0.717) is 17.1 Å². The number of carbonyl (C=O) groups excluding carboxylic acids is 1. The average molecular weight is 269 g/mol. The van der Waals surface area contributed by atoms with E-state index >= 15 is 0 Å². The van der Waals surface area contributed by atoms with E-state index in [9.17, 15) is 4.79 Å². The summed E-state index contributed by atoms with van der Waals surface area (Å²) in [5.74, 6) is 0. The molecule has 0 aliphatic rings. The number of nitrogens with zero attached hydrogens (tertiary/aromatic N) is 1. The van der Waals surface area contributed by atoms with Gasteiger partial charge in [-0.3, -0.25) is 0 Å². The van der Waals surface area contributed by atoms with Crippen LogP contribution in [-0.4, -0.2) is 17.0 Å². The highest BCUT2D eigenvalue weighted by Gasteiger charge is 2.04. The van der Waals surface area contributed by atoms with E-state index in [-0.39, 0.29) is 6.03 Å². The van der Waals surface area contributed by atoms with E-state index in [1.165, 1.54) is 0 Å². The molecule has 0 spiro atoms. The Morgan fingerprint density at radius 2 is 1.65 bits per heavy atom. The highest BCUT2D eigenvalue weighted by atomic mass is 16.4. The molecule has 0 fully saturated rings. The summed E-state index contributed by atoms with van der Waals surface area (Å²) in [6.07, 6.45) is 0. The lowest BCUT2D eigenvalue weighted by Gasteiger charge is -2.08. The van der Waals surface area contributed by atoms with Gasteiger partial charge in [0.2, 0.25) is 0 Å². The van der Waals surface area contributed by atoms with Gasteiger partial charge in [-0.1, -0.05) is 35.5 Å². The van der Waals surface area contributed by atoms with Gasteiger partial charge < -0.3 is 15.8 Å². The molecule has 20 heavy (non-hydrogen) atoms. The first kappa shape index (κ1) is 13.6. The fourth-order valence-corrected chi connectivity index (χ4v) is 1.69. The van der Waals surface area contributed by atoms with Crippen molar-refractivity contribution >= 4 is 23.1 Å². The number of carbonyl (C=O) groups is 1. The summed E-state index contributed by atoms with van der Waals surface area (Å²) in [7, 11) is 0. The van der Waals surface area contributed by atoms with Crippen molar-refractivity contribution in [3.63, 3.8) is 0 Å². The third kappa shape index (κ3) is 3.58. The smallest absolute Gasteiger partial charge is 0.323 e. The van der Waals surface area contributed by atoms with Crippen LogP contribution in [0.15, 0.2) is 59.8 Å². The lowest BCUT2D eigenvalue weighted by atomic mass is 10.1. The highest BCUT2D eigenvalue weighted by Crippen LogP contribution is 2.12. The normalized spacial score (nSPS) is 10.9. The van der Waals surface area contributed by atoms with Crippen LogP contribution in [0, 0.1) is 0 Å². The van der Waals surface area contributed by atoms with E-state index in [1.54, 1.807) is 43.3 Å². The van der Waals surface area contributed by atoms with Crippen molar-refractivity contribution < 1.29 is 10.0 Å². The van der Waals surface area contributed by atoms with Crippen LogP contribution >= 0.6 is 0 Å². The molecule has 0 bridgehead atoms. The largest absolute Gasteiger partial charge is 0.411 e. The molecule has 2 aromatic rings. The molecule has 5 heteroatoms. The fourth-order valence-electron chi connectivity index (χ4n) is 1.69. The quantitative estimate of drug-likeness (QED) is 0.453. The predicted octanol–water partition coefficient (Wildman–Crippen LogP) is 3.53. The summed E-state index contributed by atoms with van der Waals surface area (Å²) in [6.45, 7) is 1.68. The first-order chi connectivity index (χ1) is 9.69. The van der Waals surface area contributed by atoms with Crippen LogP contribution in [0.25, 0.3) is 0 Å². The Kier molecular flexibility index (Phi) is 4.34. The Labute approximate surface area is 116 Å². The summed E-state index contributed by atoms with van der Waals surface area (Å²) in [5, 5.41) is 17.3. The second kappa shape index (κ2) is 6.38. The van der Waals surface area contributed by atoms with Gasteiger partial charge >= 0.3 is 6.03 Å². The Balaban J connectivity index is 2.05. The van der Waals surface area contributed by atoms with E-state index in [1.807, 2.05) is 18.2 Å². The summed E-state index contributed by atoms with van der Waals surface area (Å²) >= 11 is 0. The molecule has 0 saturated carbocycles. The van der Waals surface area contributed by atoms with Crippen LogP contribution in [-0.2, 0) is 0 Å². The SMILES string of the molecule is C/C(=N\O)c1cccc(NC(=O)Nc2ccccc2)c1. The molecule has 5 nitrogen and oxygen atoms in total. The maximum absolute atomic E-state index is 11.8. The molecule has 2 aromatic carbocycles. The molecular formula is C15H15N3O2. The second-order valence-corrected chi connectivity index (χ2v) is 4.21. The topological polar surface area (TPSA) is 73.7 Å². The standard InChI is InChI=1S/C15H15N3O2/c1-11(18-20)12-6-5-9-14(10-12)17-15(19)16-13-7-3-2-4-8-13/h2-10,20H,1H3,(H2,16,17,19)/b18-11+. The number of benzene rings is 2. The van der Waals surface area contributed by atoms with E-state index in [0.717, 1.165) is 5.56 Å². The minimum Gasteiger partial charge on any atom is -0.411 e. The number of rotatable bonds is 3. The maximum atomic E-state index is 11.8. The van der Waals surface area contributed by atoms with E-state index in [4.69, 9.17) is 5.21 Å². The molecule has 3 N–H and O–H groups in total. The van der Waals surface area contributed by atoms with Gasteiger partial charge in [-0.05, 0) is 31.2 Å². The molecule has 0 aliphatic carbocycles. The summed E-state index contributed by atoms with van der Waals surface area (Å²) in [4.78, 5) is 11.8. The molecule has 0 aromatic heterocycles. The van der Waals surface area contributed by atoms with Gasteiger partial charge in [0, 0.05) is 16.9 Å². The first-order valence-electron chi connectivity index (χ1n) is 6.11. The van der Waals surface area contributed by atoms with Gasteiger partial charge in [-0.2, -0.15) is 0 Å². The number of para-hydroxylation sites is 1. The number of anilines is 2. The summed E-state index contributed by atoms with van der Waals surface area (Å²) < 4.78 is 0. The lowest BCUT2D eigenvalue weighted by Crippen LogP contribution is -2.19. The van der Waals surface area contributed by atoms with Crippen molar-refractivity contribution in [3.8, 4) is 0 Å². The molecular weight excluding hydrogens is 254 g/mol. The molecule has 0 unspecified atom stereocenters. The molecule has 102 valence electrons. The molecule has 2 rings (SSSR count). The average Bonchev–Trinajstić information content (AvgIpc) is 2.47. The predicted molar refractivity (Wildman–Crippen MR) is 79.5 cm³/mol. The third-order valence-corrected chi connectivity index (χ3v) is 2.72. The van der Waals surface area contributed by atoms with E-state index < -0.39 is 0 Å². The zero-order chi connectivity index (χ0) is 14.4. The Bertz CT molecular complexity index is 624. The zero-order valence-corrected chi connectivity index (χ0v) is 11.0. The number of hydrogen-bond donors (Lipinski definition) is 3. The number of oxime groups is 1. The molecule has 0 saturated heterocycles. The van der Waals surface area contributed by atoms with Crippen LogP contribution in [0.3, 0.4) is 0 Å². The molecule has 0 radical (unpaired) electrons. The Morgan fingerprint density at radius 3 is 2.35 bits per heavy atom. The number of urea groups is 1. The minimum atomic E-state index is -0.327. The van der Waals surface area contributed by atoms with Crippen LogP contribution in [0.4, 0.5) is 16.2 Å². The van der Waals surface area contributed by atoms with Gasteiger partial charge in [0.15, 0.2) is 0 Å². The van der Waals surface area contributed by atoms with Crippen molar-refractivity contribution in [1.29, 1.82) is 0 Å². The molecule has 0 aliphatic heterocycles. The number of nitrogens with one attached hydrogen (secondary N) is 2. The van der Waals surface area contributed by atoms with Gasteiger partial charge in [0.05, 0.1) is 5.71 Å². The molecule has 0 heterocycles. The number of amides is 2. The van der Waals surface area contributed by atoms with Crippen molar-refractivity contribution in [2.24, 2.45) is 5.16 Å². The number of hydrogen-bond acceptors (Lipinski definition) is 3. The third-order valence-electron chi connectivity index (χ3n) is 2.72. The monoisotopic (exact) mass is 269 g/mol. The van der Waals surface area contributed by atoms with Crippen LogP contribution < -0.4 is 10.6 Å². The Morgan fingerprint density at radius 1 is 1.00 bits per heavy atom. The van der Waals surface area contributed by atoms with Gasteiger partial charge in [0.1, 0.15) is 0 Å². The second-order valence-electron chi connectivity index (χ2n) is 4.21. The van der Waals surface area contributed by atoms with E-state index in [2.05, 4.69) is 15.8 Å². The fraction of sp³-hybridized carbons (Fsp3) is 0.0667. The Hall–Kier alpha value is -2.82. The highest BCUT2D eigenvalue weighted by molar-refractivity contribution is 6.02. The van der Waals surface area contributed by atoms with Crippen LogP contribution in [0.1, 0.15) is 12.5 Å². The van der Waals surface area contributed by atoms with Crippen molar-refractivity contribution in [1.82, 2.24) is 0 Å². The minimum absolute atomic E-state index is 0.327. The van der Waals surface area contributed by atoms with Gasteiger partial charge in [-0.25, -0.2) is 4.79 Å². The van der Waals surface area contributed by atoms with Crippen molar-refractivity contribution in [2.75, 3.05) is 10.6 Å². The molecule has 0 atom stereocenters. The van der Waals surface area contributed by atoms with Gasteiger partial charge in [0.25, 0.3) is 0 Å². The van der Waals surface area contributed by atoms with Gasteiger partial charge in [-0.15, -0.1) is 0 Å². The lowest BCUT2D eigenvalue weighted by molar-refractivity contribution is 0.262. The van der Waals surface area contributed by atoms with Crippen molar-refractivity contribution in [2.45, 2.75) is 6.92 Å². The zero-order valence-electron chi connectivity index (χ0n) is 11.0. The summed E-state index contributed by atoms with van der Waals surface area (Å²) in [6, 6.07) is 15.9. The maximum Gasteiger partial charge on any atom is 0.323 e. The first-order valence-corrected chi connectivity index (χ1v) is 6.11. The summed E-state index contributed by atoms with van der Waals surface area (Å²) in [5.41, 5.74) is 2.57. The van der Waals surface area contributed by atoms with Crippen molar-refractivity contribution in [3.05, 3.63) is 60.2 Å². The van der Waals surface area contributed by atoms with Crippen LogP contribution in [0.2, 0.25) is 0 Å².